The Morgan fingerprint density at radius 3 is 2.48 bits per heavy atom. The maximum absolute atomic E-state index is 12.3. The van der Waals surface area contributed by atoms with Crippen LogP contribution in [-0.2, 0) is 0 Å². The Kier molecular flexibility index (Phi) is 5.10. The summed E-state index contributed by atoms with van der Waals surface area (Å²) in [5.74, 6) is 4.86. The van der Waals surface area contributed by atoms with E-state index in [1.165, 1.54) is 25.0 Å². The van der Waals surface area contributed by atoms with Crippen molar-refractivity contribution in [3.63, 3.8) is 0 Å². The first kappa shape index (κ1) is 15.2. The first-order chi connectivity index (χ1) is 10.1. The number of nitro benzene ring substituents is 1. The van der Waals surface area contributed by atoms with Gasteiger partial charge in [0.2, 0.25) is 0 Å². The number of hydrazine groups is 1. The van der Waals surface area contributed by atoms with E-state index in [4.69, 9.17) is 5.84 Å². The molecule has 0 atom stereocenters. The number of hydrogen-bond donors (Lipinski definition) is 3. The lowest BCUT2D eigenvalue weighted by Gasteiger charge is -2.16. The van der Waals surface area contributed by atoms with Gasteiger partial charge in [-0.15, -0.1) is 0 Å². The molecule has 0 radical (unpaired) electrons. The Bertz CT molecular complexity index is 525. The number of benzene rings is 1. The second-order valence-corrected chi connectivity index (χ2v) is 5.27. The molecule has 21 heavy (non-hydrogen) atoms. The van der Waals surface area contributed by atoms with Crippen molar-refractivity contribution in [2.45, 2.75) is 44.6 Å². The molecule has 1 aliphatic carbocycles. The number of anilines is 1. The molecule has 7 heteroatoms. The Labute approximate surface area is 123 Å². The summed E-state index contributed by atoms with van der Waals surface area (Å²) in [4.78, 5) is 22.9. The Morgan fingerprint density at radius 2 is 1.90 bits per heavy atom. The average Bonchev–Trinajstić information content (AvgIpc) is 2.74. The zero-order valence-electron chi connectivity index (χ0n) is 11.8. The highest BCUT2D eigenvalue weighted by Crippen LogP contribution is 2.28. The van der Waals surface area contributed by atoms with Gasteiger partial charge in [-0.1, -0.05) is 31.7 Å². The van der Waals surface area contributed by atoms with Crippen LogP contribution in [0.1, 0.15) is 48.9 Å². The summed E-state index contributed by atoms with van der Waals surface area (Å²) in [7, 11) is 0. The van der Waals surface area contributed by atoms with E-state index in [-0.39, 0.29) is 23.0 Å². The molecule has 1 fully saturated rings. The van der Waals surface area contributed by atoms with E-state index < -0.39 is 10.8 Å². The number of nitrogens with zero attached hydrogens (tertiary/aromatic N) is 1. The van der Waals surface area contributed by atoms with Gasteiger partial charge in [0.1, 0.15) is 11.3 Å². The fourth-order valence-electron chi connectivity index (χ4n) is 2.73. The molecule has 1 aromatic rings. The third-order valence-corrected chi connectivity index (χ3v) is 3.81. The monoisotopic (exact) mass is 292 g/mol. The summed E-state index contributed by atoms with van der Waals surface area (Å²) in [6, 6.07) is 4.59. The average molecular weight is 292 g/mol. The van der Waals surface area contributed by atoms with Crippen LogP contribution in [0.25, 0.3) is 0 Å². The van der Waals surface area contributed by atoms with Gasteiger partial charge in [0, 0.05) is 6.04 Å². The number of carbonyl (C=O) groups is 1. The first-order valence-corrected chi connectivity index (χ1v) is 7.18. The van der Waals surface area contributed by atoms with Crippen LogP contribution in [0.5, 0.6) is 0 Å². The Balaban J connectivity index is 2.20. The number of nitrogen functional groups attached to an aromatic ring is 1. The molecule has 7 nitrogen and oxygen atoms in total. The van der Waals surface area contributed by atoms with Crippen LogP contribution in [0.15, 0.2) is 18.2 Å². The topological polar surface area (TPSA) is 110 Å². The SMILES string of the molecule is NNc1cccc(C(=O)NC2CCCCCC2)c1[N+](=O)[O-]. The number of carbonyl (C=O) groups excluding carboxylic acids is 1. The van der Waals surface area contributed by atoms with Gasteiger partial charge in [-0.25, -0.2) is 0 Å². The van der Waals surface area contributed by atoms with E-state index in [0.29, 0.717) is 0 Å². The third-order valence-electron chi connectivity index (χ3n) is 3.81. The third kappa shape index (κ3) is 3.69. The highest BCUT2D eigenvalue weighted by atomic mass is 16.6. The Morgan fingerprint density at radius 1 is 1.24 bits per heavy atom. The minimum absolute atomic E-state index is 0.0414. The standard InChI is InChI=1S/C14H20N4O3/c15-17-12-9-5-8-11(13(12)18(20)21)14(19)16-10-6-3-1-2-4-7-10/h5,8-10,17H,1-4,6-7,15H2,(H,16,19). The number of para-hydroxylation sites is 1. The first-order valence-electron chi connectivity index (χ1n) is 7.18. The maximum atomic E-state index is 12.3. The summed E-state index contributed by atoms with van der Waals surface area (Å²) in [5, 5.41) is 14.1. The zero-order chi connectivity index (χ0) is 15.2. The zero-order valence-corrected chi connectivity index (χ0v) is 11.8. The molecule has 0 aliphatic heterocycles. The van der Waals surface area contributed by atoms with Crippen LogP contribution in [0.4, 0.5) is 11.4 Å². The van der Waals surface area contributed by atoms with Crippen molar-refractivity contribution in [3.05, 3.63) is 33.9 Å². The van der Waals surface area contributed by atoms with Crippen LogP contribution in [0.2, 0.25) is 0 Å². The predicted octanol–water partition coefficient (Wildman–Crippen LogP) is 2.33. The van der Waals surface area contributed by atoms with Gasteiger partial charge in [-0.3, -0.25) is 20.8 Å². The minimum Gasteiger partial charge on any atom is -0.349 e. The molecule has 0 saturated heterocycles. The summed E-state index contributed by atoms with van der Waals surface area (Å²) >= 11 is 0. The second-order valence-electron chi connectivity index (χ2n) is 5.27. The van der Waals surface area contributed by atoms with Gasteiger partial charge in [0.25, 0.3) is 5.91 Å². The van der Waals surface area contributed by atoms with Gasteiger partial charge in [0.05, 0.1) is 4.92 Å². The van der Waals surface area contributed by atoms with E-state index in [9.17, 15) is 14.9 Å². The predicted molar refractivity (Wildman–Crippen MR) is 79.9 cm³/mol. The van der Waals surface area contributed by atoms with E-state index in [2.05, 4.69) is 10.7 Å². The van der Waals surface area contributed by atoms with Gasteiger partial charge in [0.15, 0.2) is 0 Å². The molecule has 1 saturated carbocycles. The molecule has 0 aromatic heterocycles. The lowest BCUT2D eigenvalue weighted by molar-refractivity contribution is -0.384. The fourth-order valence-corrected chi connectivity index (χ4v) is 2.73. The number of nitro groups is 1. The van der Waals surface area contributed by atoms with Crippen molar-refractivity contribution >= 4 is 17.3 Å². The van der Waals surface area contributed by atoms with Gasteiger partial charge in [-0.05, 0) is 25.0 Å². The van der Waals surface area contributed by atoms with Gasteiger partial charge >= 0.3 is 5.69 Å². The summed E-state index contributed by atoms with van der Waals surface area (Å²) in [6.45, 7) is 0. The molecule has 0 unspecified atom stereocenters. The van der Waals surface area contributed by atoms with E-state index in [1.807, 2.05) is 0 Å². The molecule has 1 aliphatic rings. The largest absolute Gasteiger partial charge is 0.349 e. The quantitative estimate of drug-likeness (QED) is 0.341. The number of rotatable bonds is 4. The molecule has 0 heterocycles. The van der Waals surface area contributed by atoms with Gasteiger partial charge < -0.3 is 10.7 Å². The molecule has 0 bridgehead atoms. The molecule has 1 amide bonds. The lowest BCUT2D eigenvalue weighted by atomic mass is 10.1. The van der Waals surface area contributed by atoms with E-state index >= 15 is 0 Å². The second kappa shape index (κ2) is 7.03. The molecule has 114 valence electrons. The van der Waals surface area contributed by atoms with E-state index in [0.717, 1.165) is 25.7 Å². The summed E-state index contributed by atoms with van der Waals surface area (Å²) in [5.41, 5.74) is 2.15. The molecule has 0 spiro atoms. The van der Waals surface area contributed by atoms with Gasteiger partial charge in [-0.2, -0.15) is 0 Å². The molecule has 1 aromatic carbocycles. The molecule has 2 rings (SSSR count). The van der Waals surface area contributed by atoms with Crippen LogP contribution in [0.3, 0.4) is 0 Å². The van der Waals surface area contributed by atoms with E-state index in [1.54, 1.807) is 6.07 Å². The molecule has 4 N–H and O–H groups in total. The van der Waals surface area contributed by atoms with Crippen molar-refractivity contribution in [1.82, 2.24) is 5.32 Å². The maximum Gasteiger partial charge on any atom is 0.306 e. The highest BCUT2D eigenvalue weighted by Gasteiger charge is 2.25. The van der Waals surface area contributed by atoms with Crippen molar-refractivity contribution in [3.8, 4) is 0 Å². The highest BCUT2D eigenvalue weighted by molar-refractivity contribution is 6.00. The number of nitrogens with two attached hydrogens (primary N) is 1. The van der Waals surface area contributed by atoms with Crippen LogP contribution < -0.4 is 16.6 Å². The molecular weight excluding hydrogens is 272 g/mol. The van der Waals surface area contributed by atoms with Crippen LogP contribution in [0, 0.1) is 10.1 Å². The number of amides is 1. The summed E-state index contributed by atoms with van der Waals surface area (Å²) in [6.07, 6.45) is 6.37. The van der Waals surface area contributed by atoms with Crippen molar-refractivity contribution < 1.29 is 9.72 Å². The lowest BCUT2D eigenvalue weighted by Crippen LogP contribution is -2.34. The smallest absolute Gasteiger partial charge is 0.306 e. The van der Waals surface area contributed by atoms with Crippen molar-refractivity contribution in [2.24, 2.45) is 5.84 Å². The van der Waals surface area contributed by atoms with Crippen LogP contribution >= 0.6 is 0 Å². The van der Waals surface area contributed by atoms with Crippen molar-refractivity contribution in [2.75, 3.05) is 5.43 Å². The molecular formula is C14H20N4O3. The van der Waals surface area contributed by atoms with Crippen LogP contribution in [-0.4, -0.2) is 16.9 Å². The summed E-state index contributed by atoms with van der Waals surface area (Å²) < 4.78 is 0. The minimum atomic E-state index is -0.586. The number of hydrogen-bond acceptors (Lipinski definition) is 5. The Hall–Kier alpha value is -2.15. The van der Waals surface area contributed by atoms with Crippen molar-refractivity contribution in [1.29, 1.82) is 0 Å². The fraction of sp³-hybridized carbons (Fsp3) is 0.500. The number of nitrogens with one attached hydrogen (secondary N) is 2. The normalized spacial score (nSPS) is 16.0.